The Balaban J connectivity index is 2.61. The molecule has 1 unspecified atom stereocenters. The average molecular weight is 285 g/mol. The van der Waals surface area contributed by atoms with Crippen molar-refractivity contribution in [2.24, 2.45) is 0 Å². The van der Waals surface area contributed by atoms with Crippen LogP contribution in [0.5, 0.6) is 0 Å². The van der Waals surface area contributed by atoms with Gasteiger partial charge in [0.05, 0.1) is 0 Å². The summed E-state index contributed by atoms with van der Waals surface area (Å²) >= 11 is 0. The van der Waals surface area contributed by atoms with Gasteiger partial charge in [0, 0.05) is 33.1 Å². The molecule has 1 fully saturated rings. The van der Waals surface area contributed by atoms with E-state index in [0.717, 1.165) is 19.3 Å². The number of likely N-dealkylation sites (N-methyl/N-ethyl adjacent to an activating group) is 2. The smallest absolute Gasteiger partial charge is 0.320 e. The van der Waals surface area contributed by atoms with Crippen molar-refractivity contribution in [3.63, 3.8) is 0 Å². The van der Waals surface area contributed by atoms with E-state index in [1.54, 1.807) is 11.9 Å². The molecule has 0 radical (unpaired) electrons. The monoisotopic (exact) mass is 285 g/mol. The zero-order valence-electron chi connectivity index (χ0n) is 12.1. The maximum absolute atomic E-state index is 12.3. The average Bonchev–Trinajstić information content (AvgIpc) is 2.44. The molecule has 0 saturated carbocycles. The maximum Gasteiger partial charge on any atom is 0.320 e. The SMILES string of the molecule is CNC(=O)CN(C)C(=O)N1CCCCC1CCC(=O)O. The number of likely N-dealkylation sites (tertiary alicyclic amines) is 1. The molecule has 114 valence electrons. The number of carbonyl (C=O) groups excluding carboxylic acids is 2. The van der Waals surface area contributed by atoms with E-state index in [0.29, 0.717) is 13.0 Å². The van der Waals surface area contributed by atoms with Crippen molar-refractivity contribution < 1.29 is 19.5 Å². The van der Waals surface area contributed by atoms with Gasteiger partial charge in [0.1, 0.15) is 6.54 Å². The first kappa shape index (κ1) is 16.3. The Hall–Kier alpha value is -1.79. The van der Waals surface area contributed by atoms with Crippen molar-refractivity contribution in [2.45, 2.75) is 38.1 Å². The number of carboxylic acid groups (broad SMARTS) is 1. The Morgan fingerprint density at radius 1 is 1.35 bits per heavy atom. The molecule has 0 aromatic heterocycles. The van der Waals surface area contributed by atoms with Crippen molar-refractivity contribution in [1.29, 1.82) is 0 Å². The second-order valence-corrected chi connectivity index (χ2v) is 5.09. The van der Waals surface area contributed by atoms with Gasteiger partial charge in [-0.3, -0.25) is 9.59 Å². The van der Waals surface area contributed by atoms with Gasteiger partial charge in [0.25, 0.3) is 0 Å². The fraction of sp³-hybridized carbons (Fsp3) is 0.769. The minimum absolute atomic E-state index is 0.0114. The number of amides is 3. The number of carboxylic acids is 1. The molecule has 1 atom stereocenters. The van der Waals surface area contributed by atoms with Gasteiger partial charge in [-0.05, 0) is 25.7 Å². The molecule has 3 amide bonds. The molecule has 1 saturated heterocycles. The van der Waals surface area contributed by atoms with E-state index in [4.69, 9.17) is 5.11 Å². The summed E-state index contributed by atoms with van der Waals surface area (Å²) in [6.07, 6.45) is 3.28. The van der Waals surface area contributed by atoms with Crippen molar-refractivity contribution in [1.82, 2.24) is 15.1 Å². The van der Waals surface area contributed by atoms with Gasteiger partial charge < -0.3 is 20.2 Å². The standard InChI is InChI=1S/C13H23N3O4/c1-14-11(17)9-15(2)13(20)16-8-4-3-5-10(16)6-7-12(18)19/h10H,3-9H2,1-2H3,(H,14,17)(H,18,19). The first-order valence-corrected chi connectivity index (χ1v) is 6.89. The summed E-state index contributed by atoms with van der Waals surface area (Å²) in [6.45, 7) is 0.638. The third-order valence-electron chi connectivity index (χ3n) is 3.55. The Morgan fingerprint density at radius 2 is 2.05 bits per heavy atom. The minimum atomic E-state index is -0.846. The van der Waals surface area contributed by atoms with Crippen molar-refractivity contribution >= 4 is 17.9 Å². The second-order valence-electron chi connectivity index (χ2n) is 5.09. The number of hydrogen-bond acceptors (Lipinski definition) is 3. The Bertz CT molecular complexity index is 373. The lowest BCUT2D eigenvalue weighted by atomic mass is 9.98. The molecule has 0 bridgehead atoms. The minimum Gasteiger partial charge on any atom is -0.481 e. The van der Waals surface area contributed by atoms with Gasteiger partial charge in [-0.2, -0.15) is 0 Å². The fourth-order valence-corrected chi connectivity index (χ4v) is 2.42. The van der Waals surface area contributed by atoms with Crippen molar-refractivity contribution in [3.05, 3.63) is 0 Å². The molecule has 0 spiro atoms. The van der Waals surface area contributed by atoms with Gasteiger partial charge >= 0.3 is 12.0 Å². The summed E-state index contributed by atoms with van der Waals surface area (Å²) in [6, 6.07) is -0.247. The van der Waals surface area contributed by atoms with Gasteiger partial charge in [-0.15, -0.1) is 0 Å². The molecule has 7 nitrogen and oxygen atoms in total. The van der Waals surface area contributed by atoms with Crippen molar-refractivity contribution in [3.8, 4) is 0 Å². The number of nitrogens with zero attached hydrogens (tertiary/aromatic N) is 2. The van der Waals surface area contributed by atoms with Crippen LogP contribution in [-0.4, -0.2) is 66.0 Å². The van der Waals surface area contributed by atoms with E-state index >= 15 is 0 Å². The number of piperidine rings is 1. The van der Waals surface area contributed by atoms with Crippen LogP contribution in [0.1, 0.15) is 32.1 Å². The lowest BCUT2D eigenvalue weighted by Gasteiger charge is -2.37. The predicted octanol–water partition coefficient (Wildman–Crippen LogP) is 0.504. The van der Waals surface area contributed by atoms with Gasteiger partial charge in [0.2, 0.25) is 5.91 Å². The number of rotatable bonds is 5. The Kier molecular flexibility index (Phi) is 6.27. The lowest BCUT2D eigenvalue weighted by molar-refractivity contribution is -0.137. The summed E-state index contributed by atoms with van der Waals surface area (Å²) in [4.78, 5) is 37.4. The second kappa shape index (κ2) is 7.72. The molecule has 1 aliphatic heterocycles. The summed E-state index contributed by atoms with van der Waals surface area (Å²) in [7, 11) is 3.11. The summed E-state index contributed by atoms with van der Waals surface area (Å²) in [5, 5.41) is 11.2. The lowest BCUT2D eigenvalue weighted by Crippen LogP contribution is -2.51. The van der Waals surface area contributed by atoms with E-state index < -0.39 is 5.97 Å². The third-order valence-corrected chi connectivity index (χ3v) is 3.55. The van der Waals surface area contributed by atoms with E-state index in [9.17, 15) is 14.4 Å². The molecule has 0 aromatic carbocycles. The zero-order chi connectivity index (χ0) is 15.1. The highest BCUT2D eigenvalue weighted by molar-refractivity contribution is 5.83. The fourth-order valence-electron chi connectivity index (χ4n) is 2.42. The third kappa shape index (κ3) is 4.71. The zero-order valence-corrected chi connectivity index (χ0v) is 12.1. The van der Waals surface area contributed by atoms with E-state index in [1.165, 1.54) is 11.9 Å². The summed E-state index contributed by atoms with van der Waals surface area (Å²) in [5.74, 6) is -1.07. The van der Waals surface area contributed by atoms with E-state index in [-0.39, 0.29) is 30.9 Å². The van der Waals surface area contributed by atoms with Crippen LogP contribution in [-0.2, 0) is 9.59 Å². The number of urea groups is 1. The van der Waals surface area contributed by atoms with Crippen LogP contribution in [0.4, 0.5) is 4.79 Å². The molecule has 1 heterocycles. The highest BCUT2D eigenvalue weighted by Crippen LogP contribution is 2.22. The molecule has 1 rings (SSSR count). The highest BCUT2D eigenvalue weighted by Gasteiger charge is 2.29. The van der Waals surface area contributed by atoms with E-state index in [2.05, 4.69) is 5.32 Å². The Labute approximate surface area is 118 Å². The molecule has 20 heavy (non-hydrogen) atoms. The largest absolute Gasteiger partial charge is 0.481 e. The Morgan fingerprint density at radius 3 is 2.65 bits per heavy atom. The van der Waals surface area contributed by atoms with Gasteiger partial charge in [-0.25, -0.2) is 4.79 Å². The maximum atomic E-state index is 12.3. The first-order chi connectivity index (χ1) is 9.45. The van der Waals surface area contributed by atoms with Gasteiger partial charge in [-0.1, -0.05) is 0 Å². The molecular weight excluding hydrogens is 262 g/mol. The van der Waals surface area contributed by atoms with Crippen molar-refractivity contribution in [2.75, 3.05) is 27.2 Å². The highest BCUT2D eigenvalue weighted by atomic mass is 16.4. The van der Waals surface area contributed by atoms with Crippen LogP contribution in [0.25, 0.3) is 0 Å². The van der Waals surface area contributed by atoms with Crippen LogP contribution < -0.4 is 5.32 Å². The summed E-state index contributed by atoms with van der Waals surface area (Å²) in [5.41, 5.74) is 0. The molecule has 0 aliphatic carbocycles. The number of aliphatic carboxylic acids is 1. The van der Waals surface area contributed by atoms with E-state index in [1.807, 2.05) is 0 Å². The molecule has 7 heteroatoms. The number of carbonyl (C=O) groups is 3. The van der Waals surface area contributed by atoms with Crippen LogP contribution in [0.2, 0.25) is 0 Å². The number of nitrogens with one attached hydrogen (secondary N) is 1. The molecule has 0 aromatic rings. The van der Waals surface area contributed by atoms with Gasteiger partial charge in [0.15, 0.2) is 0 Å². The first-order valence-electron chi connectivity index (χ1n) is 6.89. The quantitative estimate of drug-likeness (QED) is 0.770. The van der Waals surface area contributed by atoms with Crippen LogP contribution in [0.15, 0.2) is 0 Å². The van der Waals surface area contributed by atoms with Crippen LogP contribution in [0.3, 0.4) is 0 Å². The predicted molar refractivity (Wildman–Crippen MR) is 73.3 cm³/mol. The van der Waals surface area contributed by atoms with Crippen LogP contribution in [0, 0.1) is 0 Å². The topological polar surface area (TPSA) is 90.0 Å². The molecular formula is C13H23N3O4. The summed E-state index contributed by atoms with van der Waals surface area (Å²) < 4.78 is 0. The molecule has 1 aliphatic rings. The normalized spacial score (nSPS) is 18.5. The number of hydrogen-bond donors (Lipinski definition) is 2. The molecule has 2 N–H and O–H groups in total. The van der Waals surface area contributed by atoms with Crippen LogP contribution >= 0.6 is 0 Å².